The Bertz CT molecular complexity index is 736. The molecule has 3 nitrogen and oxygen atoms in total. The summed E-state index contributed by atoms with van der Waals surface area (Å²) in [6.45, 7) is 7.89. The molecule has 1 fully saturated rings. The van der Waals surface area contributed by atoms with Crippen LogP contribution < -0.4 is 5.59 Å². The zero-order valence-electron chi connectivity index (χ0n) is 15.4. The van der Waals surface area contributed by atoms with Crippen molar-refractivity contribution in [3.63, 3.8) is 0 Å². The average Bonchev–Trinajstić information content (AvgIpc) is 2.91. The topological polar surface area (TPSA) is 42.1 Å². The lowest BCUT2D eigenvalue weighted by atomic mass is 9.71. The third-order valence-corrected chi connectivity index (χ3v) is 4.92. The number of aromatic nitrogens is 1. The normalized spacial score (nSPS) is 16.3. The Morgan fingerprint density at radius 2 is 1.92 bits per heavy atom. The van der Waals surface area contributed by atoms with Crippen molar-refractivity contribution < 1.29 is 9.53 Å². The molecule has 0 amide bonds. The molecule has 0 saturated heterocycles. The van der Waals surface area contributed by atoms with Crippen molar-refractivity contribution in [3.05, 3.63) is 29.3 Å². The van der Waals surface area contributed by atoms with E-state index < -0.39 is 5.60 Å². The lowest BCUT2D eigenvalue weighted by molar-refractivity contribution is 0.00697. The van der Waals surface area contributed by atoms with Crippen LogP contribution in [0.25, 0.3) is 10.9 Å². The van der Waals surface area contributed by atoms with E-state index in [4.69, 9.17) is 4.74 Å². The van der Waals surface area contributed by atoms with Gasteiger partial charge in [-0.25, -0.2) is 4.79 Å². The number of fused-ring (bicyclic) bond motifs is 1. The van der Waals surface area contributed by atoms with Gasteiger partial charge in [0, 0.05) is 10.9 Å². The monoisotopic (exact) mass is 325 g/mol. The molecule has 0 bridgehead atoms. The van der Waals surface area contributed by atoms with Gasteiger partial charge in [-0.2, -0.15) is 0 Å². The molecule has 0 unspecified atom stereocenters. The van der Waals surface area contributed by atoms with Gasteiger partial charge in [-0.05, 0) is 62.8 Å². The molecule has 24 heavy (non-hydrogen) atoms. The van der Waals surface area contributed by atoms with Crippen LogP contribution in [0.4, 0.5) is 0 Å². The molecule has 0 radical (unpaired) electrons. The molecule has 3 rings (SSSR count). The smallest absolute Gasteiger partial charge is 0.338 e. The number of esters is 1. The van der Waals surface area contributed by atoms with Crippen molar-refractivity contribution in [3.8, 4) is 0 Å². The van der Waals surface area contributed by atoms with Gasteiger partial charge in [-0.15, -0.1) is 0 Å². The number of carbonyl (C=O) groups excluding carboxylic acids is 1. The Kier molecular flexibility index (Phi) is 4.75. The van der Waals surface area contributed by atoms with Crippen LogP contribution in [0.3, 0.4) is 0 Å². The van der Waals surface area contributed by atoms with E-state index in [0.717, 1.165) is 12.8 Å². The standard InChI is InChI=1S/C20H28BNO2/c1-20(2,3)24-19(23)14-10-11-15-16(12-14)22-18(21-4)17(15)13-8-6-5-7-9-13/h10-13,21-22H,5-9H2,1-4H3. The van der Waals surface area contributed by atoms with Crippen LogP contribution in [0.15, 0.2) is 18.2 Å². The molecule has 0 atom stereocenters. The summed E-state index contributed by atoms with van der Waals surface area (Å²) in [6, 6.07) is 5.97. The zero-order chi connectivity index (χ0) is 17.3. The van der Waals surface area contributed by atoms with Gasteiger partial charge < -0.3 is 9.72 Å². The Hall–Kier alpha value is -1.71. The molecule has 128 valence electrons. The average molecular weight is 325 g/mol. The molecule has 0 spiro atoms. The van der Waals surface area contributed by atoms with Crippen molar-refractivity contribution in [1.29, 1.82) is 0 Å². The fourth-order valence-corrected chi connectivity index (χ4v) is 3.88. The number of H-pyrrole nitrogens is 1. The molecule has 2 aromatic rings. The number of hydrogen-bond acceptors (Lipinski definition) is 2. The highest BCUT2D eigenvalue weighted by molar-refractivity contribution is 6.52. The summed E-state index contributed by atoms with van der Waals surface area (Å²) in [5.74, 6) is 0.408. The summed E-state index contributed by atoms with van der Waals surface area (Å²) in [6.07, 6.45) is 6.59. The zero-order valence-corrected chi connectivity index (χ0v) is 15.4. The summed E-state index contributed by atoms with van der Waals surface area (Å²) in [5.41, 5.74) is 4.04. The van der Waals surface area contributed by atoms with Crippen molar-refractivity contribution in [2.75, 3.05) is 0 Å². The number of carbonyl (C=O) groups is 1. The van der Waals surface area contributed by atoms with Crippen molar-refractivity contribution in [1.82, 2.24) is 4.98 Å². The highest BCUT2D eigenvalue weighted by Crippen LogP contribution is 2.35. The second kappa shape index (κ2) is 6.66. The largest absolute Gasteiger partial charge is 0.456 e. The van der Waals surface area contributed by atoms with Gasteiger partial charge in [0.2, 0.25) is 0 Å². The lowest BCUT2D eigenvalue weighted by Gasteiger charge is -2.23. The number of hydrogen-bond donors (Lipinski definition) is 1. The number of nitrogens with one attached hydrogen (secondary N) is 1. The van der Waals surface area contributed by atoms with Crippen LogP contribution in [-0.2, 0) is 4.74 Å². The fraction of sp³-hybridized carbons (Fsp3) is 0.550. The first-order valence-corrected chi connectivity index (χ1v) is 9.27. The third kappa shape index (κ3) is 3.53. The summed E-state index contributed by atoms with van der Waals surface area (Å²) >= 11 is 0. The quantitative estimate of drug-likeness (QED) is 0.676. The molecule has 1 saturated carbocycles. The second-order valence-electron chi connectivity index (χ2n) is 7.97. The van der Waals surface area contributed by atoms with Gasteiger partial charge in [-0.3, -0.25) is 0 Å². The van der Waals surface area contributed by atoms with E-state index in [-0.39, 0.29) is 5.97 Å². The summed E-state index contributed by atoms with van der Waals surface area (Å²) < 4.78 is 5.50. The van der Waals surface area contributed by atoms with E-state index in [9.17, 15) is 4.79 Å². The van der Waals surface area contributed by atoms with Crippen molar-refractivity contribution in [2.45, 2.75) is 71.2 Å². The van der Waals surface area contributed by atoms with Gasteiger partial charge in [0.05, 0.1) is 5.56 Å². The van der Waals surface area contributed by atoms with E-state index in [2.05, 4.69) is 17.9 Å². The lowest BCUT2D eigenvalue weighted by Crippen LogP contribution is -2.23. The Balaban J connectivity index is 1.98. The highest BCUT2D eigenvalue weighted by Gasteiger charge is 2.23. The number of aromatic amines is 1. The molecule has 1 heterocycles. The molecular weight excluding hydrogens is 297 g/mol. The minimum Gasteiger partial charge on any atom is -0.456 e. The van der Waals surface area contributed by atoms with Gasteiger partial charge in [0.15, 0.2) is 7.28 Å². The van der Waals surface area contributed by atoms with Crippen LogP contribution in [0.5, 0.6) is 0 Å². The Morgan fingerprint density at radius 3 is 2.54 bits per heavy atom. The Labute approximate surface area is 145 Å². The van der Waals surface area contributed by atoms with Gasteiger partial charge in [-0.1, -0.05) is 32.2 Å². The van der Waals surface area contributed by atoms with Crippen LogP contribution in [0, 0.1) is 0 Å². The first-order chi connectivity index (χ1) is 11.4. The SMILES string of the molecule is CBc1[nH]c2cc(C(=O)OC(C)(C)C)ccc2c1C1CCCCC1. The maximum absolute atomic E-state index is 12.3. The van der Waals surface area contributed by atoms with Crippen LogP contribution in [-0.4, -0.2) is 23.8 Å². The molecular formula is C20H28BNO2. The minimum atomic E-state index is -0.469. The fourth-order valence-electron chi connectivity index (χ4n) is 3.88. The van der Waals surface area contributed by atoms with Crippen LogP contribution in [0.2, 0.25) is 6.82 Å². The van der Waals surface area contributed by atoms with Gasteiger partial charge in [0.1, 0.15) is 5.60 Å². The van der Waals surface area contributed by atoms with E-state index in [1.54, 1.807) is 0 Å². The molecule has 0 aliphatic heterocycles. The number of benzene rings is 1. The first kappa shape index (κ1) is 17.1. The maximum atomic E-state index is 12.3. The molecule has 1 aliphatic rings. The van der Waals surface area contributed by atoms with Gasteiger partial charge >= 0.3 is 5.97 Å². The third-order valence-electron chi connectivity index (χ3n) is 4.92. The van der Waals surface area contributed by atoms with E-state index in [0.29, 0.717) is 11.5 Å². The van der Waals surface area contributed by atoms with E-state index in [1.165, 1.54) is 48.6 Å². The summed E-state index contributed by atoms with van der Waals surface area (Å²) in [5, 5.41) is 1.28. The predicted molar refractivity (Wildman–Crippen MR) is 102 cm³/mol. The maximum Gasteiger partial charge on any atom is 0.338 e. The molecule has 1 aliphatic carbocycles. The van der Waals surface area contributed by atoms with Crippen molar-refractivity contribution in [2.24, 2.45) is 0 Å². The van der Waals surface area contributed by atoms with Crippen molar-refractivity contribution >= 4 is 29.7 Å². The van der Waals surface area contributed by atoms with Crippen LogP contribution in [0.1, 0.15) is 74.7 Å². The second-order valence-corrected chi connectivity index (χ2v) is 7.97. The summed E-state index contributed by atoms with van der Waals surface area (Å²) in [7, 11) is 1.00. The summed E-state index contributed by atoms with van der Waals surface area (Å²) in [4.78, 5) is 15.9. The number of ether oxygens (including phenoxy) is 1. The first-order valence-electron chi connectivity index (χ1n) is 9.27. The molecule has 1 aromatic carbocycles. The minimum absolute atomic E-state index is 0.253. The molecule has 1 N–H and O–H groups in total. The number of rotatable bonds is 3. The predicted octanol–water partition coefficient (Wildman–Crippen LogP) is 4.28. The molecule has 4 heteroatoms. The Morgan fingerprint density at radius 1 is 1.21 bits per heavy atom. The van der Waals surface area contributed by atoms with Crippen LogP contribution >= 0.6 is 0 Å². The van der Waals surface area contributed by atoms with E-state index in [1.807, 2.05) is 32.9 Å². The van der Waals surface area contributed by atoms with Gasteiger partial charge in [0.25, 0.3) is 0 Å². The van der Waals surface area contributed by atoms with E-state index >= 15 is 0 Å². The molecule has 1 aromatic heterocycles. The highest BCUT2D eigenvalue weighted by atomic mass is 16.6.